The van der Waals surface area contributed by atoms with E-state index in [1.54, 1.807) is 23.7 Å². The van der Waals surface area contributed by atoms with Gasteiger partial charge in [0.2, 0.25) is 11.8 Å². The number of nitrogens with zero attached hydrogens (tertiary/aromatic N) is 6. The van der Waals surface area contributed by atoms with Crippen molar-refractivity contribution in [1.29, 1.82) is 0 Å². The highest BCUT2D eigenvalue weighted by molar-refractivity contribution is 7.13. The first-order chi connectivity index (χ1) is 11.8. The standard InChI is InChI=1S/C16H18N6OS/c1-12(14-19-20-15(23-14)13-4-2-11-24-13)21-7-9-22(10-8-21)16-17-5-3-6-18-16/h2-6,11-12H,7-10H2,1H3. The third kappa shape index (κ3) is 3.02. The molecule has 1 unspecified atom stereocenters. The molecule has 4 heterocycles. The predicted octanol–water partition coefficient (Wildman–Crippen LogP) is 2.47. The molecule has 7 nitrogen and oxygen atoms in total. The van der Waals surface area contributed by atoms with Crippen LogP contribution in [0.2, 0.25) is 0 Å². The SMILES string of the molecule is CC(c1nnc(-c2cccs2)o1)N1CCN(c2ncccn2)CC1. The molecule has 8 heteroatoms. The molecule has 0 aromatic carbocycles. The van der Waals surface area contributed by atoms with E-state index in [4.69, 9.17) is 4.42 Å². The zero-order valence-corrected chi connectivity index (χ0v) is 14.2. The summed E-state index contributed by atoms with van der Waals surface area (Å²) in [6, 6.07) is 5.91. The van der Waals surface area contributed by atoms with E-state index >= 15 is 0 Å². The van der Waals surface area contributed by atoms with Crippen LogP contribution >= 0.6 is 11.3 Å². The maximum Gasteiger partial charge on any atom is 0.257 e. The Labute approximate surface area is 144 Å². The summed E-state index contributed by atoms with van der Waals surface area (Å²) in [5.41, 5.74) is 0. The van der Waals surface area contributed by atoms with Crippen molar-refractivity contribution in [3.05, 3.63) is 41.9 Å². The molecule has 1 aliphatic heterocycles. The van der Waals surface area contributed by atoms with E-state index in [0.717, 1.165) is 37.0 Å². The Kier molecular flexibility index (Phi) is 4.22. The zero-order valence-electron chi connectivity index (χ0n) is 13.4. The van der Waals surface area contributed by atoms with Crippen LogP contribution in [0.4, 0.5) is 5.95 Å². The van der Waals surface area contributed by atoms with E-state index in [1.807, 2.05) is 23.6 Å². The third-order valence-corrected chi connectivity index (χ3v) is 5.08. The number of thiophene rings is 1. The summed E-state index contributed by atoms with van der Waals surface area (Å²) >= 11 is 1.60. The summed E-state index contributed by atoms with van der Waals surface area (Å²) in [4.78, 5) is 14.2. The summed E-state index contributed by atoms with van der Waals surface area (Å²) in [5.74, 6) is 2.06. The quantitative estimate of drug-likeness (QED) is 0.721. The van der Waals surface area contributed by atoms with Crippen LogP contribution < -0.4 is 4.90 Å². The van der Waals surface area contributed by atoms with Crippen LogP contribution in [-0.4, -0.2) is 51.2 Å². The first-order valence-corrected chi connectivity index (χ1v) is 8.82. The fraction of sp³-hybridized carbons (Fsp3) is 0.375. The number of rotatable bonds is 4. The summed E-state index contributed by atoms with van der Waals surface area (Å²) in [6.45, 7) is 5.72. The van der Waals surface area contributed by atoms with Gasteiger partial charge in [-0.1, -0.05) is 6.07 Å². The lowest BCUT2D eigenvalue weighted by atomic mass is 10.2. The van der Waals surface area contributed by atoms with E-state index < -0.39 is 0 Å². The fourth-order valence-electron chi connectivity index (χ4n) is 2.82. The number of anilines is 1. The predicted molar refractivity (Wildman–Crippen MR) is 91.8 cm³/mol. The van der Waals surface area contributed by atoms with Gasteiger partial charge in [0, 0.05) is 38.6 Å². The average Bonchev–Trinajstić information content (AvgIpc) is 3.33. The highest BCUT2D eigenvalue weighted by Crippen LogP contribution is 2.27. The lowest BCUT2D eigenvalue weighted by molar-refractivity contribution is 0.173. The molecule has 4 rings (SSSR count). The Morgan fingerprint density at radius 2 is 1.88 bits per heavy atom. The van der Waals surface area contributed by atoms with Crippen LogP contribution in [0, 0.1) is 0 Å². The molecule has 0 radical (unpaired) electrons. The van der Waals surface area contributed by atoms with Crippen molar-refractivity contribution in [2.24, 2.45) is 0 Å². The Hall–Kier alpha value is -2.32. The smallest absolute Gasteiger partial charge is 0.257 e. The minimum Gasteiger partial charge on any atom is -0.418 e. The van der Waals surface area contributed by atoms with Gasteiger partial charge in [0.05, 0.1) is 10.9 Å². The van der Waals surface area contributed by atoms with Crippen LogP contribution in [0.25, 0.3) is 10.8 Å². The molecule has 3 aromatic rings. The van der Waals surface area contributed by atoms with Crippen LogP contribution in [0.3, 0.4) is 0 Å². The lowest BCUT2D eigenvalue weighted by Gasteiger charge is -2.36. The van der Waals surface area contributed by atoms with Gasteiger partial charge in [0.25, 0.3) is 5.89 Å². The van der Waals surface area contributed by atoms with Crippen molar-refractivity contribution >= 4 is 17.3 Å². The summed E-state index contributed by atoms with van der Waals surface area (Å²) in [6.07, 6.45) is 3.56. The number of piperazine rings is 1. The molecule has 0 amide bonds. The Bertz CT molecular complexity index is 767. The van der Waals surface area contributed by atoms with Crippen molar-refractivity contribution in [2.75, 3.05) is 31.1 Å². The minimum absolute atomic E-state index is 0.102. The van der Waals surface area contributed by atoms with E-state index in [9.17, 15) is 0 Å². The minimum atomic E-state index is 0.102. The molecule has 24 heavy (non-hydrogen) atoms. The summed E-state index contributed by atoms with van der Waals surface area (Å²) < 4.78 is 5.86. The molecular formula is C16H18N6OS. The van der Waals surface area contributed by atoms with Gasteiger partial charge in [0.1, 0.15) is 0 Å². The maximum absolute atomic E-state index is 5.86. The van der Waals surface area contributed by atoms with Crippen molar-refractivity contribution < 1.29 is 4.42 Å². The van der Waals surface area contributed by atoms with Gasteiger partial charge < -0.3 is 9.32 Å². The van der Waals surface area contributed by atoms with Crippen LogP contribution in [0.1, 0.15) is 18.9 Å². The molecule has 0 spiro atoms. The molecule has 0 N–H and O–H groups in total. The Balaban J connectivity index is 1.40. The van der Waals surface area contributed by atoms with Gasteiger partial charge in [-0.3, -0.25) is 4.90 Å². The normalized spacial score (nSPS) is 17.1. The van der Waals surface area contributed by atoms with E-state index in [-0.39, 0.29) is 6.04 Å². The van der Waals surface area contributed by atoms with Gasteiger partial charge in [-0.2, -0.15) is 0 Å². The van der Waals surface area contributed by atoms with E-state index in [2.05, 4.69) is 36.9 Å². The second-order valence-electron chi connectivity index (χ2n) is 5.67. The topological polar surface area (TPSA) is 71.2 Å². The van der Waals surface area contributed by atoms with E-state index in [1.165, 1.54) is 0 Å². The number of hydrogen-bond acceptors (Lipinski definition) is 8. The van der Waals surface area contributed by atoms with Crippen molar-refractivity contribution in [1.82, 2.24) is 25.1 Å². The van der Waals surface area contributed by atoms with Gasteiger partial charge >= 0.3 is 0 Å². The second-order valence-corrected chi connectivity index (χ2v) is 6.62. The van der Waals surface area contributed by atoms with Gasteiger partial charge in [-0.25, -0.2) is 9.97 Å². The lowest BCUT2D eigenvalue weighted by Crippen LogP contribution is -2.47. The molecule has 0 aliphatic carbocycles. The molecule has 1 atom stereocenters. The molecular weight excluding hydrogens is 324 g/mol. The molecule has 1 fully saturated rings. The maximum atomic E-state index is 5.86. The van der Waals surface area contributed by atoms with Crippen molar-refractivity contribution in [3.8, 4) is 10.8 Å². The zero-order chi connectivity index (χ0) is 16.4. The largest absolute Gasteiger partial charge is 0.418 e. The van der Waals surface area contributed by atoms with Crippen molar-refractivity contribution in [3.63, 3.8) is 0 Å². The fourth-order valence-corrected chi connectivity index (χ4v) is 3.47. The molecule has 0 saturated carbocycles. The van der Waals surface area contributed by atoms with E-state index in [0.29, 0.717) is 11.8 Å². The second kappa shape index (κ2) is 6.66. The van der Waals surface area contributed by atoms with Crippen LogP contribution in [0.5, 0.6) is 0 Å². The molecule has 124 valence electrons. The molecule has 3 aromatic heterocycles. The van der Waals surface area contributed by atoms with Gasteiger partial charge in [-0.05, 0) is 24.4 Å². The molecule has 1 saturated heterocycles. The first kappa shape index (κ1) is 15.2. The number of hydrogen-bond donors (Lipinski definition) is 0. The molecule has 1 aliphatic rings. The molecule has 0 bridgehead atoms. The highest BCUT2D eigenvalue weighted by Gasteiger charge is 2.26. The first-order valence-electron chi connectivity index (χ1n) is 7.94. The summed E-state index contributed by atoms with van der Waals surface area (Å²) in [5, 5.41) is 10.4. The average molecular weight is 342 g/mol. The van der Waals surface area contributed by atoms with Gasteiger partial charge in [0.15, 0.2) is 0 Å². The highest BCUT2D eigenvalue weighted by atomic mass is 32.1. The number of aromatic nitrogens is 4. The van der Waals surface area contributed by atoms with Crippen LogP contribution in [0.15, 0.2) is 40.4 Å². The summed E-state index contributed by atoms with van der Waals surface area (Å²) in [7, 11) is 0. The Morgan fingerprint density at radius 1 is 1.08 bits per heavy atom. The third-order valence-electron chi connectivity index (χ3n) is 4.23. The van der Waals surface area contributed by atoms with Crippen molar-refractivity contribution in [2.45, 2.75) is 13.0 Å². The Morgan fingerprint density at radius 3 is 2.58 bits per heavy atom. The van der Waals surface area contributed by atoms with Gasteiger partial charge in [-0.15, -0.1) is 21.5 Å². The monoisotopic (exact) mass is 342 g/mol. The van der Waals surface area contributed by atoms with Crippen LogP contribution in [-0.2, 0) is 0 Å².